The average Bonchev–Trinajstić information content (AvgIpc) is 2.92. The Kier molecular flexibility index (Phi) is 6.55. The van der Waals surface area contributed by atoms with Crippen LogP contribution in [0.4, 0.5) is 0 Å². The van der Waals surface area contributed by atoms with Crippen LogP contribution < -0.4 is 19.5 Å². The monoisotopic (exact) mass is 486 g/mol. The van der Waals surface area contributed by atoms with Gasteiger partial charge in [-0.15, -0.1) is 0 Å². The van der Waals surface area contributed by atoms with E-state index in [1.807, 2.05) is 72.5 Å². The van der Waals surface area contributed by atoms with Crippen molar-refractivity contribution in [2.45, 2.75) is 31.8 Å². The zero-order valence-corrected chi connectivity index (χ0v) is 20.7. The molecule has 2 aliphatic heterocycles. The summed E-state index contributed by atoms with van der Waals surface area (Å²) in [6.45, 7) is 3.33. The summed E-state index contributed by atoms with van der Waals surface area (Å²) in [5, 5.41) is 3.13. The number of nitrogens with zero attached hydrogens (tertiary/aromatic N) is 1. The summed E-state index contributed by atoms with van der Waals surface area (Å²) in [5.41, 5.74) is 4.19. The van der Waals surface area contributed by atoms with Crippen LogP contribution in [0.5, 0.6) is 17.2 Å². The van der Waals surface area contributed by atoms with Crippen LogP contribution in [0.2, 0.25) is 0 Å². The molecule has 3 aromatic rings. The highest BCUT2D eigenvalue weighted by molar-refractivity contribution is 6.01. The largest absolute Gasteiger partial charge is 0.494 e. The lowest BCUT2D eigenvalue weighted by Gasteiger charge is -2.45. The minimum atomic E-state index is -0.574. The van der Waals surface area contributed by atoms with Crippen molar-refractivity contribution >= 4 is 11.8 Å². The maximum Gasteiger partial charge on any atom is 0.254 e. The molecular formula is C29H30N2O5. The number of carbonyl (C=O) groups excluding carboxylic acids is 2. The first kappa shape index (κ1) is 23.7. The molecule has 2 amide bonds. The lowest BCUT2D eigenvalue weighted by Crippen LogP contribution is -2.50. The summed E-state index contributed by atoms with van der Waals surface area (Å²) >= 11 is 0. The number of hydrogen-bond acceptors (Lipinski definition) is 5. The number of fused-ring (bicyclic) bond motifs is 4. The third-order valence-electron chi connectivity index (χ3n) is 7.03. The number of nitrogens with one attached hydrogen (secondary N) is 1. The number of amides is 2. The van der Waals surface area contributed by atoms with E-state index in [1.165, 1.54) is 0 Å². The highest BCUT2D eigenvalue weighted by atomic mass is 16.5. The summed E-state index contributed by atoms with van der Waals surface area (Å²) in [7, 11) is 3.20. The van der Waals surface area contributed by atoms with E-state index >= 15 is 0 Å². The van der Waals surface area contributed by atoms with Gasteiger partial charge in [-0.25, -0.2) is 0 Å². The van der Waals surface area contributed by atoms with Crippen LogP contribution in [0.25, 0.3) is 0 Å². The molecule has 0 saturated carbocycles. The average molecular weight is 487 g/mol. The number of methoxy groups -OCH3 is 2. The van der Waals surface area contributed by atoms with Gasteiger partial charge in [-0.05, 0) is 54.3 Å². The van der Waals surface area contributed by atoms with Gasteiger partial charge in [0.25, 0.3) is 5.91 Å². The van der Waals surface area contributed by atoms with E-state index < -0.39 is 12.0 Å². The zero-order valence-electron chi connectivity index (χ0n) is 20.7. The van der Waals surface area contributed by atoms with E-state index in [9.17, 15) is 9.59 Å². The van der Waals surface area contributed by atoms with Crippen molar-refractivity contribution < 1.29 is 23.8 Å². The number of hydrogen-bond donors (Lipinski definition) is 1. The van der Waals surface area contributed by atoms with Gasteiger partial charge in [0, 0.05) is 24.2 Å². The first-order valence-corrected chi connectivity index (χ1v) is 12.2. The van der Waals surface area contributed by atoms with E-state index in [2.05, 4.69) is 5.32 Å². The summed E-state index contributed by atoms with van der Waals surface area (Å²) in [6.07, 6.45) is 0.677. The quantitative estimate of drug-likeness (QED) is 0.540. The summed E-state index contributed by atoms with van der Waals surface area (Å²) in [6, 6.07) is 18.5. The van der Waals surface area contributed by atoms with Gasteiger partial charge in [-0.3, -0.25) is 9.59 Å². The van der Waals surface area contributed by atoms with Gasteiger partial charge in [0.15, 0.2) is 11.5 Å². The molecule has 0 aliphatic carbocycles. The van der Waals surface area contributed by atoms with Crippen molar-refractivity contribution in [3.63, 3.8) is 0 Å². The van der Waals surface area contributed by atoms with Gasteiger partial charge in [0.1, 0.15) is 5.75 Å². The Morgan fingerprint density at radius 2 is 1.69 bits per heavy atom. The Bertz CT molecular complexity index is 1300. The predicted octanol–water partition coefficient (Wildman–Crippen LogP) is 4.26. The molecule has 0 aromatic heterocycles. The Morgan fingerprint density at radius 1 is 0.972 bits per heavy atom. The van der Waals surface area contributed by atoms with Crippen LogP contribution in [0.1, 0.15) is 51.5 Å². The number of carbonyl (C=O) groups is 2. The molecule has 7 nitrogen and oxygen atoms in total. The molecule has 0 radical (unpaired) electrons. The lowest BCUT2D eigenvalue weighted by atomic mass is 9.75. The Morgan fingerprint density at radius 3 is 2.47 bits per heavy atom. The zero-order chi connectivity index (χ0) is 25.2. The Balaban J connectivity index is 1.56. The molecule has 2 atom stereocenters. The molecule has 1 N–H and O–H groups in total. The first-order chi connectivity index (χ1) is 17.6. The van der Waals surface area contributed by atoms with Crippen molar-refractivity contribution in [3.05, 3.63) is 88.5 Å². The molecule has 0 spiro atoms. The fourth-order valence-corrected chi connectivity index (χ4v) is 5.37. The minimum Gasteiger partial charge on any atom is -0.494 e. The molecule has 36 heavy (non-hydrogen) atoms. The van der Waals surface area contributed by atoms with Crippen molar-refractivity contribution in [1.82, 2.24) is 10.2 Å². The summed E-state index contributed by atoms with van der Waals surface area (Å²) in [4.78, 5) is 29.3. The van der Waals surface area contributed by atoms with Crippen LogP contribution in [-0.4, -0.2) is 44.1 Å². The molecule has 186 valence electrons. The maximum absolute atomic E-state index is 13.9. The molecule has 3 aromatic carbocycles. The summed E-state index contributed by atoms with van der Waals surface area (Å²) in [5.74, 6) is 1.20. The van der Waals surface area contributed by atoms with Gasteiger partial charge >= 0.3 is 0 Å². The smallest absolute Gasteiger partial charge is 0.254 e. The van der Waals surface area contributed by atoms with Crippen LogP contribution >= 0.6 is 0 Å². The third kappa shape index (κ3) is 4.04. The molecule has 0 fully saturated rings. The van der Waals surface area contributed by atoms with E-state index in [0.717, 1.165) is 28.0 Å². The number of benzene rings is 3. The number of para-hydroxylation sites is 1. The normalized spacial score (nSPS) is 18.0. The minimum absolute atomic E-state index is 0.0539. The van der Waals surface area contributed by atoms with E-state index in [4.69, 9.17) is 14.2 Å². The Labute approximate surface area is 211 Å². The van der Waals surface area contributed by atoms with Crippen LogP contribution in [0.15, 0.2) is 60.7 Å². The molecule has 7 heteroatoms. The molecule has 2 heterocycles. The SMILES string of the molecule is CCOc1ccccc1CNC(=O)[C@H]1c2ccccc2C(=O)N2CCc3cc(OC)c(OC)cc3[C@@H]12. The van der Waals surface area contributed by atoms with Crippen molar-refractivity contribution in [2.75, 3.05) is 27.4 Å². The second-order valence-electron chi connectivity index (χ2n) is 8.92. The number of rotatable bonds is 7. The van der Waals surface area contributed by atoms with E-state index in [1.54, 1.807) is 14.2 Å². The van der Waals surface area contributed by atoms with Crippen LogP contribution in [0, 0.1) is 0 Å². The molecule has 2 aliphatic rings. The molecule has 0 saturated heterocycles. The van der Waals surface area contributed by atoms with Gasteiger partial charge in [0.05, 0.1) is 32.8 Å². The predicted molar refractivity (Wildman–Crippen MR) is 136 cm³/mol. The van der Waals surface area contributed by atoms with Gasteiger partial charge in [0.2, 0.25) is 5.91 Å². The lowest BCUT2D eigenvalue weighted by molar-refractivity contribution is -0.124. The molecular weight excluding hydrogens is 456 g/mol. The molecule has 5 rings (SSSR count). The van der Waals surface area contributed by atoms with Crippen molar-refractivity contribution in [2.24, 2.45) is 0 Å². The second-order valence-corrected chi connectivity index (χ2v) is 8.92. The highest BCUT2D eigenvalue weighted by Gasteiger charge is 2.46. The van der Waals surface area contributed by atoms with Gasteiger partial charge in [-0.2, -0.15) is 0 Å². The fourth-order valence-electron chi connectivity index (χ4n) is 5.37. The number of ether oxygens (including phenoxy) is 3. The van der Waals surface area contributed by atoms with Crippen LogP contribution in [0.3, 0.4) is 0 Å². The van der Waals surface area contributed by atoms with Crippen LogP contribution in [-0.2, 0) is 17.8 Å². The van der Waals surface area contributed by atoms with Gasteiger partial charge < -0.3 is 24.4 Å². The summed E-state index contributed by atoms with van der Waals surface area (Å²) < 4.78 is 16.8. The third-order valence-corrected chi connectivity index (χ3v) is 7.03. The molecule has 0 unspecified atom stereocenters. The van der Waals surface area contributed by atoms with Crippen molar-refractivity contribution in [1.29, 1.82) is 0 Å². The standard InChI is InChI=1S/C29H30N2O5/c1-4-36-23-12-8-5-9-19(23)17-30-28(32)26-20-10-6-7-11-21(20)29(33)31-14-13-18-15-24(34-2)25(35-3)16-22(18)27(26)31/h5-12,15-16,26-27H,4,13-14,17H2,1-3H3,(H,30,32)/t26-,27-/m0/s1. The molecule has 0 bridgehead atoms. The van der Waals surface area contributed by atoms with E-state index in [0.29, 0.717) is 43.2 Å². The first-order valence-electron chi connectivity index (χ1n) is 12.2. The highest BCUT2D eigenvalue weighted by Crippen LogP contribution is 2.48. The van der Waals surface area contributed by atoms with E-state index in [-0.39, 0.29) is 11.8 Å². The second kappa shape index (κ2) is 9.93. The topological polar surface area (TPSA) is 77.1 Å². The fraction of sp³-hybridized carbons (Fsp3) is 0.310. The maximum atomic E-state index is 13.9. The van der Waals surface area contributed by atoms with Crippen molar-refractivity contribution in [3.8, 4) is 17.2 Å². The van der Waals surface area contributed by atoms with Gasteiger partial charge in [-0.1, -0.05) is 36.4 Å². The Hall–Kier alpha value is -4.00.